The minimum Gasteiger partial charge on any atom is -0.466 e. The minimum absolute atomic E-state index is 0.301. The van der Waals surface area contributed by atoms with Crippen LogP contribution in [0.25, 0.3) is 17.3 Å². The third kappa shape index (κ3) is 2.63. The zero-order valence-electron chi connectivity index (χ0n) is 9.68. The maximum absolute atomic E-state index is 12.8. The highest BCUT2D eigenvalue weighted by Crippen LogP contribution is 2.22. The maximum Gasteiger partial charge on any atom is 0.330 e. The van der Waals surface area contributed by atoms with Gasteiger partial charge in [-0.1, -0.05) is 0 Å². The van der Waals surface area contributed by atoms with Crippen molar-refractivity contribution in [2.45, 2.75) is 0 Å². The van der Waals surface area contributed by atoms with Gasteiger partial charge in [-0.3, -0.25) is 5.10 Å². The lowest BCUT2D eigenvalue weighted by Crippen LogP contribution is -1.93. The summed E-state index contributed by atoms with van der Waals surface area (Å²) in [7, 11) is 1.31. The molecule has 1 aromatic heterocycles. The SMILES string of the molecule is COC(=O)C=Cc1cn[nH]c1-c1ccc(F)cc1. The quantitative estimate of drug-likeness (QED) is 0.668. The summed E-state index contributed by atoms with van der Waals surface area (Å²) in [6.07, 6.45) is 4.48. The summed E-state index contributed by atoms with van der Waals surface area (Å²) in [6, 6.07) is 6.00. The largest absolute Gasteiger partial charge is 0.466 e. The number of esters is 1. The van der Waals surface area contributed by atoms with Crippen molar-refractivity contribution in [3.63, 3.8) is 0 Å². The highest BCUT2D eigenvalue weighted by molar-refractivity contribution is 5.88. The molecule has 0 saturated carbocycles. The van der Waals surface area contributed by atoms with Crippen molar-refractivity contribution in [2.24, 2.45) is 0 Å². The summed E-state index contributed by atoms with van der Waals surface area (Å²) in [5.74, 6) is -0.744. The van der Waals surface area contributed by atoms with Gasteiger partial charge in [-0.2, -0.15) is 5.10 Å². The van der Waals surface area contributed by atoms with Crippen LogP contribution in [0.5, 0.6) is 0 Å². The summed E-state index contributed by atoms with van der Waals surface area (Å²) in [5, 5.41) is 6.71. The first-order chi connectivity index (χ1) is 8.70. The van der Waals surface area contributed by atoms with Crippen LogP contribution >= 0.6 is 0 Å². The topological polar surface area (TPSA) is 55.0 Å². The molecular weight excluding hydrogens is 235 g/mol. The third-order valence-corrected chi connectivity index (χ3v) is 2.40. The molecule has 92 valence electrons. The normalized spacial score (nSPS) is 10.8. The molecule has 0 spiro atoms. The van der Waals surface area contributed by atoms with Crippen molar-refractivity contribution < 1.29 is 13.9 Å². The maximum atomic E-state index is 12.8. The first-order valence-electron chi connectivity index (χ1n) is 5.26. The molecule has 0 aliphatic carbocycles. The van der Waals surface area contributed by atoms with Crippen LogP contribution in [0.2, 0.25) is 0 Å². The van der Waals surface area contributed by atoms with Crippen molar-refractivity contribution in [3.8, 4) is 11.3 Å². The monoisotopic (exact) mass is 246 g/mol. The number of methoxy groups -OCH3 is 1. The van der Waals surface area contributed by atoms with Gasteiger partial charge < -0.3 is 4.74 Å². The van der Waals surface area contributed by atoms with E-state index in [0.717, 1.165) is 16.8 Å². The molecule has 1 heterocycles. The average Bonchev–Trinajstić information content (AvgIpc) is 2.85. The molecule has 5 heteroatoms. The van der Waals surface area contributed by atoms with Crippen molar-refractivity contribution in [3.05, 3.63) is 47.9 Å². The number of hydrogen-bond acceptors (Lipinski definition) is 3. The number of carbonyl (C=O) groups is 1. The number of nitrogens with one attached hydrogen (secondary N) is 1. The van der Waals surface area contributed by atoms with Crippen LogP contribution in [0.1, 0.15) is 5.56 Å². The van der Waals surface area contributed by atoms with Gasteiger partial charge in [0.1, 0.15) is 5.82 Å². The van der Waals surface area contributed by atoms with Crippen LogP contribution in [-0.2, 0) is 9.53 Å². The summed E-state index contributed by atoms with van der Waals surface area (Å²) in [4.78, 5) is 11.0. The number of nitrogens with zero attached hydrogens (tertiary/aromatic N) is 1. The van der Waals surface area contributed by atoms with E-state index in [1.54, 1.807) is 24.4 Å². The van der Waals surface area contributed by atoms with Crippen LogP contribution in [0, 0.1) is 5.82 Å². The van der Waals surface area contributed by atoms with Gasteiger partial charge in [0.2, 0.25) is 0 Å². The lowest BCUT2D eigenvalue weighted by atomic mass is 10.1. The Labute approximate surface area is 103 Å². The Balaban J connectivity index is 2.30. The number of halogens is 1. The molecule has 0 bridgehead atoms. The Morgan fingerprint density at radius 3 is 2.78 bits per heavy atom. The van der Waals surface area contributed by atoms with Gasteiger partial charge in [0, 0.05) is 17.2 Å². The van der Waals surface area contributed by atoms with Gasteiger partial charge >= 0.3 is 5.97 Å². The van der Waals surface area contributed by atoms with Gasteiger partial charge in [-0.05, 0) is 30.3 Å². The van der Waals surface area contributed by atoms with E-state index < -0.39 is 5.97 Å². The molecule has 18 heavy (non-hydrogen) atoms. The summed E-state index contributed by atoms with van der Waals surface area (Å²) in [6.45, 7) is 0. The number of hydrogen-bond donors (Lipinski definition) is 1. The Kier molecular flexibility index (Phi) is 3.52. The van der Waals surface area contributed by atoms with E-state index in [4.69, 9.17) is 0 Å². The summed E-state index contributed by atoms with van der Waals surface area (Å²) in [5.41, 5.74) is 2.24. The number of H-pyrrole nitrogens is 1. The van der Waals surface area contributed by atoms with Gasteiger partial charge in [0.25, 0.3) is 0 Å². The second kappa shape index (κ2) is 5.27. The molecule has 1 aromatic carbocycles. The van der Waals surface area contributed by atoms with Crippen molar-refractivity contribution in [1.29, 1.82) is 0 Å². The smallest absolute Gasteiger partial charge is 0.330 e. The number of aromatic nitrogens is 2. The molecule has 0 amide bonds. The first-order valence-corrected chi connectivity index (χ1v) is 5.26. The van der Waals surface area contributed by atoms with Gasteiger partial charge in [0.05, 0.1) is 19.0 Å². The molecular formula is C13H11FN2O2. The average molecular weight is 246 g/mol. The Morgan fingerprint density at radius 1 is 1.39 bits per heavy atom. The number of rotatable bonds is 3. The molecule has 0 fully saturated rings. The van der Waals surface area contributed by atoms with E-state index in [0.29, 0.717) is 0 Å². The molecule has 2 aromatic rings. The molecule has 0 saturated heterocycles. The lowest BCUT2D eigenvalue weighted by molar-refractivity contribution is -0.134. The van der Waals surface area contributed by atoms with Crippen molar-refractivity contribution in [1.82, 2.24) is 10.2 Å². The Morgan fingerprint density at radius 2 is 2.11 bits per heavy atom. The summed E-state index contributed by atoms with van der Waals surface area (Å²) < 4.78 is 17.3. The first kappa shape index (κ1) is 12.0. The number of ether oxygens (including phenoxy) is 1. The summed E-state index contributed by atoms with van der Waals surface area (Å²) >= 11 is 0. The predicted molar refractivity (Wildman–Crippen MR) is 65.0 cm³/mol. The van der Waals surface area contributed by atoms with E-state index in [-0.39, 0.29) is 5.82 Å². The standard InChI is InChI=1S/C13H11FN2O2/c1-18-12(17)7-4-10-8-15-16-13(10)9-2-5-11(14)6-3-9/h2-8H,1H3,(H,15,16). The van der Waals surface area contributed by atoms with E-state index in [1.165, 1.54) is 25.3 Å². The molecule has 0 radical (unpaired) electrons. The second-order valence-electron chi connectivity index (χ2n) is 3.56. The third-order valence-electron chi connectivity index (χ3n) is 2.40. The highest BCUT2D eigenvalue weighted by Gasteiger charge is 2.05. The lowest BCUT2D eigenvalue weighted by Gasteiger charge is -1.99. The predicted octanol–water partition coefficient (Wildman–Crippen LogP) is 2.40. The van der Waals surface area contributed by atoms with E-state index >= 15 is 0 Å². The number of benzene rings is 1. The second-order valence-corrected chi connectivity index (χ2v) is 3.56. The van der Waals surface area contributed by atoms with Crippen LogP contribution in [-0.4, -0.2) is 23.3 Å². The van der Waals surface area contributed by atoms with E-state index in [9.17, 15) is 9.18 Å². The minimum atomic E-state index is -0.443. The zero-order chi connectivity index (χ0) is 13.0. The Bertz CT molecular complexity index is 573. The van der Waals surface area contributed by atoms with Crippen molar-refractivity contribution in [2.75, 3.05) is 7.11 Å². The Hall–Kier alpha value is -2.43. The van der Waals surface area contributed by atoms with Crippen molar-refractivity contribution >= 4 is 12.0 Å². The molecule has 0 aliphatic rings. The van der Waals surface area contributed by atoms with Gasteiger partial charge in [-0.15, -0.1) is 0 Å². The molecule has 1 N–H and O–H groups in total. The van der Waals surface area contributed by atoms with Crippen LogP contribution in [0.3, 0.4) is 0 Å². The molecule has 2 rings (SSSR count). The fourth-order valence-corrected chi connectivity index (χ4v) is 1.50. The van der Waals surface area contributed by atoms with Crippen LogP contribution in [0.15, 0.2) is 36.5 Å². The molecule has 4 nitrogen and oxygen atoms in total. The van der Waals surface area contributed by atoms with Gasteiger partial charge in [0.15, 0.2) is 0 Å². The molecule has 0 unspecified atom stereocenters. The molecule has 0 atom stereocenters. The fraction of sp³-hybridized carbons (Fsp3) is 0.0769. The van der Waals surface area contributed by atoms with Gasteiger partial charge in [-0.25, -0.2) is 9.18 Å². The van der Waals surface area contributed by atoms with E-state index in [1.807, 2.05) is 0 Å². The highest BCUT2D eigenvalue weighted by atomic mass is 19.1. The fourth-order valence-electron chi connectivity index (χ4n) is 1.50. The van der Waals surface area contributed by atoms with E-state index in [2.05, 4.69) is 14.9 Å². The zero-order valence-corrected chi connectivity index (χ0v) is 9.68. The van der Waals surface area contributed by atoms with Crippen LogP contribution < -0.4 is 0 Å². The van der Waals surface area contributed by atoms with Crippen LogP contribution in [0.4, 0.5) is 4.39 Å². The number of aromatic amines is 1. The molecule has 0 aliphatic heterocycles. The number of carbonyl (C=O) groups excluding carboxylic acids is 1.